The topological polar surface area (TPSA) is 75.7 Å². The fourth-order valence-electron chi connectivity index (χ4n) is 1.50. The van der Waals surface area contributed by atoms with Crippen molar-refractivity contribution in [3.05, 3.63) is 39.4 Å². The first-order valence-electron chi connectivity index (χ1n) is 5.06. The first kappa shape index (κ1) is 12.2. The quantitative estimate of drug-likeness (QED) is 0.368. The molecular formula is C11H14N2O3. The second-order valence-electron chi connectivity index (χ2n) is 3.62. The van der Waals surface area contributed by atoms with Crippen molar-refractivity contribution in [2.24, 2.45) is 5.16 Å². The Morgan fingerprint density at radius 3 is 2.81 bits per heavy atom. The van der Waals surface area contributed by atoms with Gasteiger partial charge in [0.2, 0.25) is 0 Å². The Hall–Kier alpha value is -1.91. The van der Waals surface area contributed by atoms with Gasteiger partial charge < -0.3 is 5.21 Å². The van der Waals surface area contributed by atoms with E-state index in [1.165, 1.54) is 18.3 Å². The molecule has 1 atom stereocenters. The predicted molar refractivity (Wildman–Crippen MR) is 61.2 cm³/mol. The van der Waals surface area contributed by atoms with Crippen LogP contribution >= 0.6 is 0 Å². The van der Waals surface area contributed by atoms with E-state index in [0.29, 0.717) is 5.56 Å². The van der Waals surface area contributed by atoms with Gasteiger partial charge in [0.05, 0.1) is 11.1 Å². The zero-order valence-corrected chi connectivity index (χ0v) is 9.25. The highest BCUT2D eigenvalue weighted by Gasteiger charge is 2.13. The monoisotopic (exact) mass is 222 g/mol. The Balaban J connectivity index is 3.26. The lowest BCUT2D eigenvalue weighted by molar-refractivity contribution is -0.384. The molecule has 0 aliphatic carbocycles. The van der Waals surface area contributed by atoms with Crippen LogP contribution in [-0.2, 0) is 0 Å². The molecule has 0 spiro atoms. The molecule has 5 nitrogen and oxygen atoms in total. The van der Waals surface area contributed by atoms with Gasteiger partial charge >= 0.3 is 0 Å². The van der Waals surface area contributed by atoms with Crippen LogP contribution in [0.5, 0.6) is 0 Å². The SMILES string of the molecule is CCC(C)c1cc([N+](=O)[O-])ccc1/C=N/O. The lowest BCUT2D eigenvalue weighted by Crippen LogP contribution is -2.00. The number of nitro benzene ring substituents is 1. The number of nitrogens with zero attached hydrogens (tertiary/aromatic N) is 2. The first-order valence-corrected chi connectivity index (χ1v) is 5.06. The van der Waals surface area contributed by atoms with E-state index in [1.54, 1.807) is 6.07 Å². The minimum Gasteiger partial charge on any atom is -0.411 e. The summed E-state index contributed by atoms with van der Waals surface area (Å²) in [7, 11) is 0. The van der Waals surface area contributed by atoms with E-state index in [4.69, 9.17) is 5.21 Å². The molecule has 16 heavy (non-hydrogen) atoms. The fourth-order valence-corrected chi connectivity index (χ4v) is 1.50. The summed E-state index contributed by atoms with van der Waals surface area (Å²) in [5.74, 6) is 0.188. The Morgan fingerprint density at radius 1 is 1.62 bits per heavy atom. The number of benzene rings is 1. The van der Waals surface area contributed by atoms with Crippen LogP contribution in [0.4, 0.5) is 5.69 Å². The van der Waals surface area contributed by atoms with Crippen molar-refractivity contribution in [2.45, 2.75) is 26.2 Å². The Kier molecular flexibility index (Phi) is 3.99. The molecule has 0 fully saturated rings. The van der Waals surface area contributed by atoms with Crippen LogP contribution in [0, 0.1) is 10.1 Å². The number of hydrogen-bond acceptors (Lipinski definition) is 4. The van der Waals surface area contributed by atoms with Gasteiger partial charge in [0.25, 0.3) is 5.69 Å². The van der Waals surface area contributed by atoms with E-state index in [1.807, 2.05) is 13.8 Å². The average Bonchev–Trinajstić information content (AvgIpc) is 2.28. The number of hydrogen-bond donors (Lipinski definition) is 1. The molecule has 5 heteroatoms. The van der Waals surface area contributed by atoms with Crippen molar-refractivity contribution in [1.29, 1.82) is 0 Å². The van der Waals surface area contributed by atoms with Gasteiger partial charge in [0.15, 0.2) is 0 Å². The number of rotatable bonds is 4. The van der Waals surface area contributed by atoms with Gasteiger partial charge in [-0.3, -0.25) is 10.1 Å². The zero-order valence-electron chi connectivity index (χ0n) is 9.25. The Labute approximate surface area is 93.6 Å². The lowest BCUT2D eigenvalue weighted by Gasteiger charge is -2.11. The number of nitro groups is 1. The Bertz CT molecular complexity index is 416. The highest BCUT2D eigenvalue weighted by atomic mass is 16.6. The van der Waals surface area contributed by atoms with Crippen LogP contribution in [-0.4, -0.2) is 16.3 Å². The molecule has 1 aromatic carbocycles. The molecule has 0 heterocycles. The average molecular weight is 222 g/mol. The maximum atomic E-state index is 10.7. The van der Waals surface area contributed by atoms with Crippen LogP contribution < -0.4 is 0 Å². The summed E-state index contributed by atoms with van der Waals surface area (Å²) in [4.78, 5) is 10.2. The van der Waals surface area contributed by atoms with E-state index >= 15 is 0 Å². The Morgan fingerprint density at radius 2 is 2.31 bits per heavy atom. The molecule has 86 valence electrons. The summed E-state index contributed by atoms with van der Waals surface area (Å²) in [6, 6.07) is 4.54. The van der Waals surface area contributed by atoms with Crippen molar-refractivity contribution >= 4 is 11.9 Å². The molecule has 0 aromatic heterocycles. The van der Waals surface area contributed by atoms with Crippen molar-refractivity contribution in [3.63, 3.8) is 0 Å². The van der Waals surface area contributed by atoms with Gasteiger partial charge in [-0.25, -0.2) is 0 Å². The minimum atomic E-state index is -0.425. The van der Waals surface area contributed by atoms with Crippen LogP contribution in [0.2, 0.25) is 0 Å². The molecule has 0 radical (unpaired) electrons. The van der Waals surface area contributed by atoms with E-state index in [-0.39, 0.29) is 11.6 Å². The second kappa shape index (κ2) is 5.25. The highest BCUT2D eigenvalue weighted by Crippen LogP contribution is 2.26. The third kappa shape index (κ3) is 2.56. The molecular weight excluding hydrogens is 208 g/mol. The fraction of sp³-hybridized carbons (Fsp3) is 0.364. The van der Waals surface area contributed by atoms with E-state index in [2.05, 4.69) is 5.16 Å². The molecule has 0 saturated carbocycles. The maximum absolute atomic E-state index is 10.7. The van der Waals surface area contributed by atoms with Crippen molar-refractivity contribution in [1.82, 2.24) is 0 Å². The summed E-state index contributed by atoms with van der Waals surface area (Å²) >= 11 is 0. The van der Waals surface area contributed by atoms with E-state index in [9.17, 15) is 10.1 Å². The third-order valence-electron chi connectivity index (χ3n) is 2.62. The molecule has 1 rings (SSSR count). The van der Waals surface area contributed by atoms with Crippen molar-refractivity contribution < 1.29 is 10.1 Å². The number of non-ortho nitro benzene ring substituents is 1. The van der Waals surface area contributed by atoms with E-state index in [0.717, 1.165) is 12.0 Å². The van der Waals surface area contributed by atoms with Gasteiger partial charge in [-0.2, -0.15) is 0 Å². The zero-order chi connectivity index (χ0) is 12.1. The van der Waals surface area contributed by atoms with Gasteiger partial charge in [0, 0.05) is 17.7 Å². The lowest BCUT2D eigenvalue weighted by atomic mass is 9.93. The summed E-state index contributed by atoms with van der Waals surface area (Å²) < 4.78 is 0. The van der Waals surface area contributed by atoms with Gasteiger partial charge in [0.1, 0.15) is 0 Å². The summed E-state index contributed by atoms with van der Waals surface area (Å²) in [6.45, 7) is 3.98. The van der Waals surface area contributed by atoms with Gasteiger partial charge in [-0.1, -0.05) is 19.0 Å². The third-order valence-corrected chi connectivity index (χ3v) is 2.62. The molecule has 0 bridgehead atoms. The molecule has 1 unspecified atom stereocenters. The predicted octanol–water partition coefficient (Wildman–Crippen LogP) is 2.92. The van der Waals surface area contributed by atoms with Gasteiger partial charge in [-0.05, 0) is 24.0 Å². The molecule has 0 aliphatic heterocycles. The van der Waals surface area contributed by atoms with Crippen LogP contribution in [0.1, 0.15) is 37.3 Å². The maximum Gasteiger partial charge on any atom is 0.269 e. The molecule has 1 aromatic rings. The van der Waals surface area contributed by atoms with Crippen LogP contribution in [0.15, 0.2) is 23.4 Å². The summed E-state index contributed by atoms with van der Waals surface area (Å²) in [5.41, 5.74) is 1.60. The molecule has 0 saturated heterocycles. The van der Waals surface area contributed by atoms with Crippen LogP contribution in [0.25, 0.3) is 0 Å². The van der Waals surface area contributed by atoms with Gasteiger partial charge in [-0.15, -0.1) is 0 Å². The molecule has 0 amide bonds. The first-order chi connectivity index (χ1) is 7.60. The van der Waals surface area contributed by atoms with Crippen LogP contribution in [0.3, 0.4) is 0 Å². The normalized spacial score (nSPS) is 12.9. The van der Waals surface area contributed by atoms with Crippen molar-refractivity contribution in [3.8, 4) is 0 Å². The minimum absolute atomic E-state index is 0.0605. The summed E-state index contributed by atoms with van der Waals surface area (Å²) in [6.07, 6.45) is 2.17. The molecule has 1 N–H and O–H groups in total. The number of oxime groups is 1. The van der Waals surface area contributed by atoms with E-state index < -0.39 is 4.92 Å². The highest BCUT2D eigenvalue weighted by molar-refractivity contribution is 5.82. The van der Waals surface area contributed by atoms with Crippen molar-refractivity contribution in [2.75, 3.05) is 0 Å². The standard InChI is InChI=1S/C11H14N2O3/c1-3-8(2)11-6-10(13(15)16)5-4-9(11)7-12-14/h4-8,14H,3H2,1-2H3/b12-7+. The summed E-state index contributed by atoms with van der Waals surface area (Å²) in [5, 5.41) is 22.1. The smallest absolute Gasteiger partial charge is 0.269 e. The molecule has 0 aliphatic rings. The second-order valence-corrected chi connectivity index (χ2v) is 3.62. The largest absolute Gasteiger partial charge is 0.411 e.